The van der Waals surface area contributed by atoms with Gasteiger partial charge in [0.05, 0.1) is 5.56 Å². The van der Waals surface area contributed by atoms with Gasteiger partial charge in [-0.05, 0) is 17.7 Å². The minimum absolute atomic E-state index is 0.118. The highest BCUT2D eigenvalue weighted by molar-refractivity contribution is 6.13. The summed E-state index contributed by atoms with van der Waals surface area (Å²) in [5.41, 5.74) is 8.78. The van der Waals surface area contributed by atoms with Crippen LogP contribution in [-0.4, -0.2) is 23.6 Å². The van der Waals surface area contributed by atoms with Gasteiger partial charge in [-0.1, -0.05) is 17.2 Å². The van der Waals surface area contributed by atoms with E-state index in [2.05, 4.69) is 10.0 Å². The minimum Gasteiger partial charge on any atom is -0.443 e. The summed E-state index contributed by atoms with van der Waals surface area (Å²) in [7, 11) is 0. The molecule has 0 atom stereocenters. The molecule has 2 rings (SSSR count). The number of carbonyl (C=O) groups is 3. The normalized spacial score (nSPS) is 15.2. The SMILES string of the molecule is [N-]=[N+]=Nc1ccc(C(=O)OC2C(=O)CCC2=O)cc1. The second-order valence-corrected chi connectivity index (χ2v) is 3.95. The largest absolute Gasteiger partial charge is 0.443 e. The molecular weight excluding hydrogens is 250 g/mol. The molecule has 1 aliphatic carbocycles. The molecule has 0 spiro atoms. The third kappa shape index (κ3) is 2.78. The lowest BCUT2D eigenvalue weighted by Gasteiger charge is -2.09. The van der Waals surface area contributed by atoms with E-state index >= 15 is 0 Å². The molecule has 1 aliphatic rings. The van der Waals surface area contributed by atoms with E-state index in [1.807, 2.05) is 0 Å². The van der Waals surface area contributed by atoms with Crippen LogP contribution in [0.5, 0.6) is 0 Å². The van der Waals surface area contributed by atoms with Crippen LogP contribution in [0.25, 0.3) is 10.4 Å². The number of hydrogen-bond donors (Lipinski definition) is 0. The Morgan fingerprint density at radius 3 is 2.32 bits per heavy atom. The maximum Gasteiger partial charge on any atom is 0.339 e. The zero-order valence-corrected chi connectivity index (χ0v) is 9.78. The summed E-state index contributed by atoms with van der Waals surface area (Å²) in [6.07, 6.45) is -1.04. The fraction of sp³-hybridized carbons (Fsp3) is 0.250. The molecule has 7 nitrogen and oxygen atoms in total. The number of rotatable bonds is 3. The molecule has 0 heterocycles. The number of Topliss-reactive ketones (excluding diaryl/α,β-unsaturated/α-hetero) is 2. The van der Waals surface area contributed by atoms with Gasteiger partial charge in [0.1, 0.15) is 0 Å². The van der Waals surface area contributed by atoms with Crippen LogP contribution in [0.2, 0.25) is 0 Å². The van der Waals surface area contributed by atoms with Crippen LogP contribution in [0.1, 0.15) is 23.2 Å². The van der Waals surface area contributed by atoms with E-state index in [-0.39, 0.29) is 30.0 Å². The standard InChI is InChI=1S/C12H9N3O4/c13-15-14-8-3-1-7(2-4-8)12(18)19-11-9(16)5-6-10(11)17/h1-4,11H,5-6H2. The number of benzene rings is 1. The van der Waals surface area contributed by atoms with Crippen LogP contribution in [0.15, 0.2) is 29.4 Å². The Morgan fingerprint density at radius 2 is 1.79 bits per heavy atom. The molecule has 19 heavy (non-hydrogen) atoms. The molecule has 0 N–H and O–H groups in total. The maximum absolute atomic E-state index is 11.7. The van der Waals surface area contributed by atoms with Crippen LogP contribution in [0.4, 0.5) is 5.69 Å². The van der Waals surface area contributed by atoms with E-state index in [9.17, 15) is 14.4 Å². The Hall–Kier alpha value is -2.66. The van der Waals surface area contributed by atoms with E-state index in [1.54, 1.807) is 0 Å². The number of ketones is 2. The zero-order chi connectivity index (χ0) is 13.8. The molecule has 7 heteroatoms. The fourth-order valence-corrected chi connectivity index (χ4v) is 1.71. The van der Waals surface area contributed by atoms with Crippen molar-refractivity contribution in [2.24, 2.45) is 5.11 Å². The smallest absolute Gasteiger partial charge is 0.339 e. The highest BCUT2D eigenvalue weighted by atomic mass is 16.6. The van der Waals surface area contributed by atoms with Crippen molar-refractivity contribution in [3.63, 3.8) is 0 Å². The molecule has 0 unspecified atom stereocenters. The van der Waals surface area contributed by atoms with Gasteiger partial charge in [0.15, 0.2) is 11.6 Å². The monoisotopic (exact) mass is 259 g/mol. The first kappa shape index (κ1) is 12.8. The minimum atomic E-state index is -1.27. The van der Waals surface area contributed by atoms with Crippen LogP contribution in [-0.2, 0) is 14.3 Å². The Morgan fingerprint density at radius 1 is 1.21 bits per heavy atom. The molecule has 1 aromatic rings. The molecule has 0 aliphatic heterocycles. The highest BCUT2D eigenvalue weighted by Gasteiger charge is 2.36. The lowest BCUT2D eigenvalue weighted by atomic mass is 10.2. The number of azide groups is 1. The summed E-state index contributed by atoms with van der Waals surface area (Å²) in [5.74, 6) is -1.49. The third-order valence-electron chi connectivity index (χ3n) is 2.69. The predicted octanol–water partition coefficient (Wildman–Crippen LogP) is 2.09. The summed E-state index contributed by atoms with van der Waals surface area (Å²) in [5, 5.41) is 3.35. The predicted molar refractivity (Wildman–Crippen MR) is 63.7 cm³/mol. The van der Waals surface area contributed by atoms with Gasteiger partial charge in [0, 0.05) is 23.4 Å². The van der Waals surface area contributed by atoms with Crippen LogP contribution >= 0.6 is 0 Å². The lowest BCUT2D eigenvalue weighted by molar-refractivity contribution is -0.133. The fourth-order valence-electron chi connectivity index (χ4n) is 1.71. The van der Waals surface area contributed by atoms with E-state index in [4.69, 9.17) is 10.3 Å². The molecule has 0 aromatic heterocycles. The van der Waals surface area contributed by atoms with Crippen molar-refractivity contribution in [3.8, 4) is 0 Å². The molecule has 0 amide bonds. The van der Waals surface area contributed by atoms with Gasteiger partial charge in [-0.25, -0.2) is 4.79 Å². The number of ether oxygens (including phenoxy) is 1. The molecule has 0 saturated heterocycles. The summed E-state index contributed by atoms with van der Waals surface area (Å²) in [6, 6.07) is 5.68. The molecule has 1 fully saturated rings. The lowest BCUT2D eigenvalue weighted by Crippen LogP contribution is -2.28. The van der Waals surface area contributed by atoms with E-state index < -0.39 is 12.1 Å². The molecule has 96 valence electrons. The van der Waals surface area contributed by atoms with Gasteiger partial charge in [-0.2, -0.15) is 0 Å². The first-order valence-corrected chi connectivity index (χ1v) is 5.53. The van der Waals surface area contributed by atoms with E-state index in [1.165, 1.54) is 24.3 Å². The van der Waals surface area contributed by atoms with Gasteiger partial charge in [-0.3, -0.25) is 9.59 Å². The number of nitrogens with zero attached hydrogens (tertiary/aromatic N) is 3. The molecule has 0 bridgehead atoms. The van der Waals surface area contributed by atoms with Gasteiger partial charge in [0.2, 0.25) is 6.10 Å². The van der Waals surface area contributed by atoms with Gasteiger partial charge in [0.25, 0.3) is 0 Å². The van der Waals surface area contributed by atoms with Gasteiger partial charge >= 0.3 is 5.97 Å². The average Bonchev–Trinajstić information content (AvgIpc) is 2.72. The summed E-state index contributed by atoms with van der Waals surface area (Å²) >= 11 is 0. The highest BCUT2D eigenvalue weighted by Crippen LogP contribution is 2.18. The number of carbonyl (C=O) groups excluding carboxylic acids is 3. The second kappa shape index (κ2) is 5.32. The van der Waals surface area contributed by atoms with Crippen molar-refractivity contribution in [2.45, 2.75) is 18.9 Å². The van der Waals surface area contributed by atoms with Gasteiger partial charge < -0.3 is 4.74 Å². The Balaban J connectivity index is 2.09. The van der Waals surface area contributed by atoms with Gasteiger partial charge in [-0.15, -0.1) is 0 Å². The summed E-state index contributed by atoms with van der Waals surface area (Å²) in [6.45, 7) is 0. The quantitative estimate of drug-likeness (QED) is 0.272. The Kier molecular flexibility index (Phi) is 3.58. The number of hydrogen-bond acceptors (Lipinski definition) is 5. The second-order valence-electron chi connectivity index (χ2n) is 3.95. The van der Waals surface area contributed by atoms with Crippen molar-refractivity contribution < 1.29 is 19.1 Å². The third-order valence-corrected chi connectivity index (χ3v) is 2.69. The van der Waals surface area contributed by atoms with E-state index in [0.717, 1.165) is 0 Å². The Bertz CT molecular complexity index is 571. The topological polar surface area (TPSA) is 109 Å². The summed E-state index contributed by atoms with van der Waals surface area (Å²) < 4.78 is 4.88. The van der Waals surface area contributed by atoms with Crippen molar-refractivity contribution in [1.82, 2.24) is 0 Å². The first-order chi connectivity index (χ1) is 9.11. The van der Waals surface area contributed by atoms with Crippen LogP contribution in [0, 0.1) is 0 Å². The van der Waals surface area contributed by atoms with Crippen LogP contribution < -0.4 is 0 Å². The Labute approximate surface area is 107 Å². The number of esters is 1. The molecular formula is C12H9N3O4. The molecule has 1 saturated carbocycles. The maximum atomic E-state index is 11.7. The molecule has 0 radical (unpaired) electrons. The summed E-state index contributed by atoms with van der Waals surface area (Å²) in [4.78, 5) is 37.0. The first-order valence-electron chi connectivity index (χ1n) is 5.53. The molecule has 1 aromatic carbocycles. The average molecular weight is 259 g/mol. The van der Waals surface area contributed by atoms with Crippen molar-refractivity contribution >= 4 is 23.2 Å². The van der Waals surface area contributed by atoms with Crippen molar-refractivity contribution in [1.29, 1.82) is 0 Å². The zero-order valence-electron chi connectivity index (χ0n) is 9.78. The van der Waals surface area contributed by atoms with Crippen LogP contribution in [0.3, 0.4) is 0 Å². The van der Waals surface area contributed by atoms with E-state index in [0.29, 0.717) is 5.69 Å². The van der Waals surface area contributed by atoms with Crippen molar-refractivity contribution in [2.75, 3.05) is 0 Å². The van der Waals surface area contributed by atoms with Crippen molar-refractivity contribution in [3.05, 3.63) is 40.3 Å².